The second-order valence-electron chi connectivity index (χ2n) is 2.13. The molecule has 1 nitrogen and oxygen atoms in total. The molecule has 0 atom stereocenters. The largest absolute Gasteiger partial charge is 0.317 e. The number of hydrogen-bond acceptors (Lipinski definition) is 0. The fourth-order valence-corrected chi connectivity index (χ4v) is 0.534. The maximum absolute atomic E-state index is 6.08. The Kier molecular flexibility index (Phi) is 6.02. The van der Waals surface area contributed by atoms with Crippen LogP contribution >= 0.6 is 0 Å². The first-order valence-electron chi connectivity index (χ1n) is 3.66. The van der Waals surface area contributed by atoms with Crippen molar-refractivity contribution in [3.8, 4) is 0 Å². The molecular weight excluding hydrogens is 134 g/mol. The summed E-state index contributed by atoms with van der Waals surface area (Å²) in [6.07, 6.45) is 0. The van der Waals surface area contributed by atoms with E-state index in [-0.39, 0.29) is 0 Å². The van der Waals surface area contributed by atoms with E-state index >= 15 is 0 Å². The first-order valence-corrected chi connectivity index (χ1v) is 3.66. The summed E-state index contributed by atoms with van der Waals surface area (Å²) >= 11 is 0. The molecule has 0 aliphatic rings. The number of nitrogens with zero attached hydrogens (tertiary/aromatic N) is 1. The summed E-state index contributed by atoms with van der Waals surface area (Å²) in [5.74, 6) is 0. The molecule has 0 unspecified atom stereocenters. The van der Waals surface area contributed by atoms with E-state index in [1.54, 1.807) is 0 Å². The molecule has 0 radical (unpaired) electrons. The van der Waals surface area contributed by atoms with E-state index in [9.17, 15) is 0 Å². The highest BCUT2D eigenvalue weighted by molar-refractivity contribution is 5.11. The summed E-state index contributed by atoms with van der Waals surface area (Å²) in [6.45, 7) is 10.6. The Balaban J connectivity index is 0.000000218. The molecule has 0 saturated heterocycles. The fourth-order valence-electron chi connectivity index (χ4n) is 0.534. The lowest BCUT2D eigenvalue weighted by molar-refractivity contribution is 1.35. The molecule has 0 amide bonds. The predicted octanol–water partition coefficient (Wildman–Crippen LogP) is 2.92. The molecule has 0 bridgehead atoms. The molecule has 1 heteroatoms. The number of hydrogen-bond donors (Lipinski definition) is 0. The van der Waals surface area contributed by atoms with E-state index in [1.165, 1.54) is 5.56 Å². The second kappa shape index (κ2) is 6.82. The first kappa shape index (κ1) is 9.71. The van der Waals surface area contributed by atoms with Crippen LogP contribution in [0.5, 0.6) is 0 Å². The van der Waals surface area contributed by atoms with Gasteiger partial charge < -0.3 is 4.85 Å². The average molecular weight is 147 g/mol. The van der Waals surface area contributed by atoms with Crippen LogP contribution in [-0.4, -0.2) is 6.54 Å². The lowest BCUT2D eigenvalue weighted by Gasteiger charge is -1.82. The van der Waals surface area contributed by atoms with E-state index in [1.807, 2.05) is 25.1 Å². The van der Waals surface area contributed by atoms with Crippen molar-refractivity contribution in [1.29, 1.82) is 0 Å². The number of benzene rings is 1. The highest BCUT2D eigenvalue weighted by atomic mass is 14.6. The smallest absolute Gasteiger partial charge is 0.211 e. The molecule has 0 fully saturated rings. The van der Waals surface area contributed by atoms with Crippen LogP contribution in [0.25, 0.3) is 4.85 Å². The third-order valence-electron chi connectivity index (χ3n) is 1.10. The standard InChI is InChI=1S/C7H8.C3H5N/c1-7-5-3-2-4-6-7;1-3-4-2/h2-6H,1H3;3H2,1H3. The lowest BCUT2D eigenvalue weighted by atomic mass is 10.2. The van der Waals surface area contributed by atoms with Crippen molar-refractivity contribution in [1.82, 2.24) is 0 Å². The molecule has 58 valence electrons. The normalized spacial score (nSPS) is 7.36. The molecule has 0 spiro atoms. The van der Waals surface area contributed by atoms with Crippen molar-refractivity contribution in [3.05, 3.63) is 47.3 Å². The SMILES string of the molecule is Cc1ccccc1.[C-]#[N+]CC. The maximum atomic E-state index is 6.08. The predicted molar refractivity (Wildman–Crippen MR) is 48.3 cm³/mol. The summed E-state index contributed by atoms with van der Waals surface area (Å²) < 4.78 is 0. The quantitative estimate of drug-likeness (QED) is 0.497. The second-order valence-corrected chi connectivity index (χ2v) is 2.13. The van der Waals surface area contributed by atoms with Gasteiger partial charge >= 0.3 is 0 Å². The Labute approximate surface area is 68.5 Å². The number of rotatable bonds is 0. The molecule has 0 aliphatic carbocycles. The molecule has 1 aromatic carbocycles. The highest BCUT2D eigenvalue weighted by Crippen LogP contribution is 1.92. The average Bonchev–Trinajstić information content (AvgIpc) is 2.07. The van der Waals surface area contributed by atoms with Gasteiger partial charge in [0.25, 0.3) is 0 Å². The van der Waals surface area contributed by atoms with Gasteiger partial charge in [-0.05, 0) is 6.92 Å². The maximum Gasteiger partial charge on any atom is 0.211 e. The van der Waals surface area contributed by atoms with E-state index in [2.05, 4.69) is 23.9 Å². The van der Waals surface area contributed by atoms with Crippen LogP contribution in [0.3, 0.4) is 0 Å². The summed E-state index contributed by atoms with van der Waals surface area (Å²) in [6, 6.07) is 10.3. The molecule has 0 heterocycles. The Morgan fingerprint density at radius 3 is 1.91 bits per heavy atom. The fraction of sp³-hybridized carbons (Fsp3) is 0.300. The van der Waals surface area contributed by atoms with Crippen LogP contribution in [0.15, 0.2) is 30.3 Å². The Bertz CT molecular complexity index is 208. The van der Waals surface area contributed by atoms with Gasteiger partial charge in [-0.2, -0.15) is 0 Å². The van der Waals surface area contributed by atoms with Crippen LogP contribution in [-0.2, 0) is 0 Å². The van der Waals surface area contributed by atoms with Gasteiger partial charge in [0.05, 0.1) is 0 Å². The molecular formula is C10H13N. The molecule has 1 aromatic rings. The molecule has 1 rings (SSSR count). The van der Waals surface area contributed by atoms with E-state index in [4.69, 9.17) is 6.57 Å². The monoisotopic (exact) mass is 147 g/mol. The molecule has 0 aliphatic heterocycles. The van der Waals surface area contributed by atoms with Crippen molar-refractivity contribution in [2.75, 3.05) is 6.54 Å². The lowest BCUT2D eigenvalue weighted by Crippen LogP contribution is -1.62. The molecule has 11 heavy (non-hydrogen) atoms. The summed E-state index contributed by atoms with van der Waals surface area (Å²) in [5, 5.41) is 0. The zero-order valence-corrected chi connectivity index (χ0v) is 7.04. The van der Waals surface area contributed by atoms with Gasteiger partial charge in [0.1, 0.15) is 0 Å². The van der Waals surface area contributed by atoms with E-state index in [0.717, 1.165) is 0 Å². The van der Waals surface area contributed by atoms with Crippen molar-refractivity contribution in [2.24, 2.45) is 0 Å². The first-order chi connectivity index (χ1) is 5.31. The highest BCUT2D eigenvalue weighted by Gasteiger charge is 1.72. The Morgan fingerprint density at radius 2 is 1.73 bits per heavy atom. The topological polar surface area (TPSA) is 4.36 Å². The van der Waals surface area contributed by atoms with Crippen molar-refractivity contribution in [3.63, 3.8) is 0 Å². The van der Waals surface area contributed by atoms with Crippen LogP contribution < -0.4 is 0 Å². The van der Waals surface area contributed by atoms with E-state index in [0.29, 0.717) is 6.54 Å². The zero-order chi connectivity index (χ0) is 8.53. The van der Waals surface area contributed by atoms with Crippen LogP contribution in [0.1, 0.15) is 12.5 Å². The molecule has 0 N–H and O–H groups in total. The minimum absolute atomic E-state index is 0.611. The minimum atomic E-state index is 0.611. The van der Waals surface area contributed by atoms with Gasteiger partial charge in [-0.3, -0.25) is 0 Å². The minimum Gasteiger partial charge on any atom is -0.317 e. The summed E-state index contributed by atoms with van der Waals surface area (Å²) in [7, 11) is 0. The van der Waals surface area contributed by atoms with Crippen molar-refractivity contribution < 1.29 is 0 Å². The van der Waals surface area contributed by atoms with E-state index < -0.39 is 0 Å². The molecule has 0 saturated carbocycles. The molecule has 0 aromatic heterocycles. The zero-order valence-electron chi connectivity index (χ0n) is 7.04. The van der Waals surface area contributed by atoms with Gasteiger partial charge in [0, 0.05) is 6.92 Å². The van der Waals surface area contributed by atoms with Gasteiger partial charge in [-0.1, -0.05) is 35.9 Å². The summed E-state index contributed by atoms with van der Waals surface area (Å²) in [4.78, 5) is 2.99. The summed E-state index contributed by atoms with van der Waals surface area (Å²) in [5.41, 5.74) is 1.32. The van der Waals surface area contributed by atoms with Crippen molar-refractivity contribution in [2.45, 2.75) is 13.8 Å². The van der Waals surface area contributed by atoms with Crippen molar-refractivity contribution >= 4 is 0 Å². The van der Waals surface area contributed by atoms with Crippen LogP contribution in [0.4, 0.5) is 0 Å². The van der Waals surface area contributed by atoms with Crippen LogP contribution in [0, 0.1) is 13.5 Å². The Hall–Kier alpha value is -1.29. The third-order valence-corrected chi connectivity index (χ3v) is 1.10. The van der Waals surface area contributed by atoms with Gasteiger partial charge in [-0.25, -0.2) is 6.57 Å². The van der Waals surface area contributed by atoms with Gasteiger partial charge in [0.2, 0.25) is 6.54 Å². The van der Waals surface area contributed by atoms with Crippen LogP contribution in [0.2, 0.25) is 0 Å². The Morgan fingerprint density at radius 1 is 1.27 bits per heavy atom. The third kappa shape index (κ3) is 6.60. The van der Waals surface area contributed by atoms with Gasteiger partial charge in [0.15, 0.2) is 0 Å². The number of aryl methyl sites for hydroxylation is 1. The van der Waals surface area contributed by atoms with Gasteiger partial charge in [-0.15, -0.1) is 0 Å².